The minimum atomic E-state index is -0.418. The lowest BCUT2D eigenvalue weighted by Crippen LogP contribution is -2.28. The number of carbonyl (C=O) groups excluding carboxylic acids is 1. The van der Waals surface area contributed by atoms with E-state index >= 15 is 0 Å². The molecule has 3 rings (SSSR count). The van der Waals surface area contributed by atoms with E-state index in [1.165, 1.54) is 13.2 Å². The molecule has 0 aliphatic rings. The first-order chi connectivity index (χ1) is 13.2. The molecule has 0 aliphatic heterocycles. The standard InChI is InChI=1S/C22H22FNO3/c1-26-21-11-9-16(15-19(21)23)10-12-22(25)24-13-14-27-20-8-4-6-17-5-2-3-7-18(17)20/h2-9,11,15H,10,12-14H2,1H3,(H,24,25). The molecule has 3 aromatic rings. The summed E-state index contributed by atoms with van der Waals surface area (Å²) >= 11 is 0. The van der Waals surface area contributed by atoms with Crippen molar-refractivity contribution < 1.29 is 18.7 Å². The number of hydrogen-bond acceptors (Lipinski definition) is 3. The number of rotatable bonds is 8. The van der Waals surface area contributed by atoms with Crippen molar-refractivity contribution >= 4 is 16.7 Å². The average Bonchev–Trinajstić information content (AvgIpc) is 2.70. The third-order valence-electron chi connectivity index (χ3n) is 4.29. The summed E-state index contributed by atoms with van der Waals surface area (Å²) in [6.07, 6.45) is 0.761. The maximum absolute atomic E-state index is 13.7. The molecule has 5 heteroatoms. The topological polar surface area (TPSA) is 47.6 Å². The first-order valence-electron chi connectivity index (χ1n) is 8.87. The van der Waals surface area contributed by atoms with Crippen LogP contribution in [0.4, 0.5) is 4.39 Å². The average molecular weight is 367 g/mol. The van der Waals surface area contributed by atoms with Crippen molar-refractivity contribution in [1.82, 2.24) is 5.32 Å². The van der Waals surface area contributed by atoms with Gasteiger partial charge in [0.1, 0.15) is 12.4 Å². The fourth-order valence-corrected chi connectivity index (χ4v) is 2.88. The number of fused-ring (bicyclic) bond motifs is 1. The van der Waals surface area contributed by atoms with Crippen molar-refractivity contribution in [3.05, 3.63) is 72.0 Å². The van der Waals surface area contributed by atoms with Gasteiger partial charge in [0.2, 0.25) is 5.91 Å². The lowest BCUT2D eigenvalue weighted by molar-refractivity contribution is -0.121. The highest BCUT2D eigenvalue weighted by Crippen LogP contribution is 2.24. The van der Waals surface area contributed by atoms with Gasteiger partial charge < -0.3 is 14.8 Å². The van der Waals surface area contributed by atoms with Gasteiger partial charge in [0.25, 0.3) is 0 Å². The van der Waals surface area contributed by atoms with Crippen molar-refractivity contribution in [2.75, 3.05) is 20.3 Å². The Balaban J connectivity index is 1.42. The van der Waals surface area contributed by atoms with Gasteiger partial charge in [-0.2, -0.15) is 0 Å². The molecule has 1 N–H and O–H groups in total. The number of hydrogen-bond donors (Lipinski definition) is 1. The molecule has 0 fully saturated rings. The predicted molar refractivity (Wildman–Crippen MR) is 104 cm³/mol. The molecule has 0 aromatic heterocycles. The second-order valence-electron chi connectivity index (χ2n) is 6.14. The Bertz CT molecular complexity index is 921. The van der Waals surface area contributed by atoms with E-state index in [4.69, 9.17) is 9.47 Å². The Hall–Kier alpha value is -3.08. The molecular formula is C22H22FNO3. The van der Waals surface area contributed by atoms with E-state index < -0.39 is 5.82 Å². The fraction of sp³-hybridized carbons (Fsp3) is 0.227. The molecule has 0 bridgehead atoms. The van der Waals surface area contributed by atoms with Crippen LogP contribution in [-0.2, 0) is 11.2 Å². The molecule has 0 atom stereocenters. The van der Waals surface area contributed by atoms with E-state index in [0.717, 1.165) is 22.1 Å². The lowest BCUT2D eigenvalue weighted by atomic mass is 10.1. The smallest absolute Gasteiger partial charge is 0.220 e. The first kappa shape index (κ1) is 18.7. The summed E-state index contributed by atoms with van der Waals surface area (Å²) in [5, 5.41) is 4.99. The molecule has 0 aliphatic carbocycles. The Kier molecular flexibility index (Phi) is 6.26. The number of methoxy groups -OCH3 is 1. The molecule has 3 aromatic carbocycles. The Labute approximate surface area is 157 Å². The highest BCUT2D eigenvalue weighted by molar-refractivity contribution is 5.88. The van der Waals surface area contributed by atoms with Crippen LogP contribution < -0.4 is 14.8 Å². The number of amides is 1. The molecule has 1 amide bonds. The zero-order valence-electron chi connectivity index (χ0n) is 15.2. The molecule has 0 radical (unpaired) electrons. The highest BCUT2D eigenvalue weighted by atomic mass is 19.1. The third kappa shape index (κ3) is 4.97. The van der Waals surface area contributed by atoms with E-state index in [-0.39, 0.29) is 11.7 Å². The van der Waals surface area contributed by atoms with Gasteiger partial charge in [-0.15, -0.1) is 0 Å². The molecule has 0 spiro atoms. The minimum Gasteiger partial charge on any atom is -0.494 e. The largest absolute Gasteiger partial charge is 0.494 e. The fourth-order valence-electron chi connectivity index (χ4n) is 2.88. The van der Waals surface area contributed by atoms with E-state index in [1.807, 2.05) is 42.5 Å². The van der Waals surface area contributed by atoms with Crippen molar-refractivity contribution in [2.45, 2.75) is 12.8 Å². The molecule has 0 unspecified atom stereocenters. The van der Waals surface area contributed by atoms with Crippen LogP contribution in [0.25, 0.3) is 10.8 Å². The van der Waals surface area contributed by atoms with Crippen LogP contribution in [0.15, 0.2) is 60.7 Å². The number of halogens is 1. The second-order valence-corrected chi connectivity index (χ2v) is 6.14. The van der Waals surface area contributed by atoms with E-state index in [2.05, 4.69) is 5.32 Å². The SMILES string of the molecule is COc1ccc(CCC(=O)NCCOc2cccc3ccccc23)cc1F. The summed E-state index contributed by atoms with van der Waals surface area (Å²) in [4.78, 5) is 12.0. The van der Waals surface area contributed by atoms with Crippen molar-refractivity contribution in [1.29, 1.82) is 0 Å². The van der Waals surface area contributed by atoms with Gasteiger partial charge in [-0.1, -0.05) is 42.5 Å². The Morgan fingerprint density at radius 3 is 2.67 bits per heavy atom. The monoisotopic (exact) mass is 367 g/mol. The van der Waals surface area contributed by atoms with E-state index in [9.17, 15) is 9.18 Å². The summed E-state index contributed by atoms with van der Waals surface area (Å²) in [6.45, 7) is 0.802. The highest BCUT2D eigenvalue weighted by Gasteiger charge is 2.07. The number of ether oxygens (including phenoxy) is 2. The third-order valence-corrected chi connectivity index (χ3v) is 4.29. The zero-order chi connectivity index (χ0) is 19.1. The van der Waals surface area contributed by atoms with Crippen molar-refractivity contribution in [3.63, 3.8) is 0 Å². The molecule has 0 heterocycles. The number of aryl methyl sites for hydroxylation is 1. The van der Waals surface area contributed by atoms with Crippen LogP contribution in [0, 0.1) is 5.82 Å². The zero-order valence-corrected chi connectivity index (χ0v) is 15.2. The number of benzene rings is 3. The lowest BCUT2D eigenvalue weighted by Gasteiger charge is -2.10. The normalized spacial score (nSPS) is 10.6. The summed E-state index contributed by atoms with van der Waals surface area (Å²) in [5.74, 6) is 0.497. The maximum Gasteiger partial charge on any atom is 0.220 e. The van der Waals surface area contributed by atoms with Gasteiger partial charge >= 0.3 is 0 Å². The number of nitrogens with one attached hydrogen (secondary N) is 1. The predicted octanol–water partition coefficient (Wildman–Crippen LogP) is 4.12. The van der Waals surface area contributed by atoms with Crippen LogP contribution >= 0.6 is 0 Å². The van der Waals surface area contributed by atoms with Crippen LogP contribution in [0.3, 0.4) is 0 Å². The van der Waals surface area contributed by atoms with Crippen LogP contribution in [0.2, 0.25) is 0 Å². The first-order valence-corrected chi connectivity index (χ1v) is 8.87. The Morgan fingerprint density at radius 2 is 1.85 bits per heavy atom. The van der Waals surface area contributed by atoms with Crippen LogP contribution in [-0.4, -0.2) is 26.2 Å². The Morgan fingerprint density at radius 1 is 1.04 bits per heavy atom. The maximum atomic E-state index is 13.7. The minimum absolute atomic E-state index is 0.0901. The van der Waals surface area contributed by atoms with Gasteiger partial charge in [-0.05, 0) is 35.6 Å². The summed E-state index contributed by atoms with van der Waals surface area (Å²) in [5.41, 5.74) is 0.760. The van der Waals surface area contributed by atoms with Gasteiger partial charge in [0.15, 0.2) is 11.6 Å². The summed E-state index contributed by atoms with van der Waals surface area (Å²) in [7, 11) is 1.42. The summed E-state index contributed by atoms with van der Waals surface area (Å²) in [6, 6.07) is 18.6. The quantitative estimate of drug-likeness (QED) is 0.610. The molecule has 0 saturated carbocycles. The van der Waals surface area contributed by atoms with Gasteiger partial charge in [0.05, 0.1) is 13.7 Å². The van der Waals surface area contributed by atoms with Crippen molar-refractivity contribution in [2.24, 2.45) is 0 Å². The van der Waals surface area contributed by atoms with Gasteiger partial charge in [-0.25, -0.2) is 4.39 Å². The molecular weight excluding hydrogens is 345 g/mol. The van der Waals surface area contributed by atoms with Crippen molar-refractivity contribution in [3.8, 4) is 11.5 Å². The van der Waals surface area contributed by atoms with Crippen LogP contribution in [0.1, 0.15) is 12.0 Å². The van der Waals surface area contributed by atoms with E-state index in [1.54, 1.807) is 12.1 Å². The van der Waals surface area contributed by atoms with Gasteiger partial charge in [-0.3, -0.25) is 4.79 Å². The van der Waals surface area contributed by atoms with E-state index in [0.29, 0.717) is 26.0 Å². The van der Waals surface area contributed by atoms with Crippen LogP contribution in [0.5, 0.6) is 11.5 Å². The number of carbonyl (C=O) groups is 1. The molecule has 140 valence electrons. The summed E-state index contributed by atoms with van der Waals surface area (Å²) < 4.78 is 24.3. The molecule has 27 heavy (non-hydrogen) atoms. The second kappa shape index (κ2) is 9.03. The van der Waals surface area contributed by atoms with Gasteiger partial charge in [0, 0.05) is 11.8 Å². The molecule has 0 saturated heterocycles. The molecule has 4 nitrogen and oxygen atoms in total.